The largest absolute Gasteiger partial charge is 0.373 e. The van der Waals surface area contributed by atoms with E-state index in [4.69, 9.17) is 9.72 Å². The number of aromatic nitrogens is 4. The highest BCUT2D eigenvalue weighted by Gasteiger charge is 2.40. The van der Waals surface area contributed by atoms with E-state index >= 15 is 0 Å². The van der Waals surface area contributed by atoms with Gasteiger partial charge in [-0.1, -0.05) is 25.0 Å². The minimum atomic E-state index is -0.687. The van der Waals surface area contributed by atoms with Crippen LogP contribution in [0.25, 0.3) is 11.0 Å². The van der Waals surface area contributed by atoms with Crippen molar-refractivity contribution in [3.8, 4) is 0 Å². The van der Waals surface area contributed by atoms with Crippen molar-refractivity contribution in [1.29, 1.82) is 0 Å². The summed E-state index contributed by atoms with van der Waals surface area (Å²) in [5.41, 5.74) is 3.51. The van der Waals surface area contributed by atoms with Crippen LogP contribution < -0.4 is 26.0 Å². The first-order valence-corrected chi connectivity index (χ1v) is 19.5. The van der Waals surface area contributed by atoms with E-state index in [-0.39, 0.29) is 40.9 Å². The number of aryl methyl sites for hydroxylation is 1. The summed E-state index contributed by atoms with van der Waals surface area (Å²) in [5, 5.41) is 6.43. The number of ether oxygens (including phenoxy) is 1. The molecule has 55 heavy (non-hydrogen) atoms. The number of morpholine rings is 1. The second-order valence-electron chi connectivity index (χ2n) is 15.6. The molecule has 8 rings (SSSR count). The molecule has 0 radical (unpaired) electrons. The summed E-state index contributed by atoms with van der Waals surface area (Å²) in [7, 11) is 0. The van der Waals surface area contributed by atoms with Gasteiger partial charge >= 0.3 is 0 Å². The minimum Gasteiger partial charge on any atom is -0.373 e. The fraction of sp³-hybridized carbons (Fsp3) is 0.488. The van der Waals surface area contributed by atoms with Gasteiger partial charge in [0.05, 0.1) is 35.6 Å². The highest BCUT2D eigenvalue weighted by molar-refractivity contribution is 6.03. The maximum absolute atomic E-state index is 13.6. The summed E-state index contributed by atoms with van der Waals surface area (Å²) < 4.78 is 7.94. The fourth-order valence-corrected chi connectivity index (χ4v) is 8.73. The lowest BCUT2D eigenvalue weighted by Crippen LogP contribution is -2.52. The lowest BCUT2D eigenvalue weighted by molar-refractivity contribution is -0.137. The highest BCUT2D eigenvalue weighted by atomic mass is 16.5. The molecule has 1 aromatic carbocycles. The summed E-state index contributed by atoms with van der Waals surface area (Å²) in [5.74, 6) is 0.280. The molecule has 1 aliphatic carbocycles. The number of ketones is 1. The van der Waals surface area contributed by atoms with Crippen LogP contribution in [-0.2, 0) is 19.7 Å². The summed E-state index contributed by atoms with van der Waals surface area (Å²) in [6.45, 7) is 11.8. The molecular formula is C41H49N9O5. The van der Waals surface area contributed by atoms with Crippen molar-refractivity contribution in [3.63, 3.8) is 0 Å². The first-order valence-electron chi connectivity index (χ1n) is 19.5. The molecule has 288 valence electrons. The number of carbonyl (C=O) groups excluding carboxylic acids is 3. The Kier molecular flexibility index (Phi) is 10.1. The first kappa shape index (κ1) is 36.8. The number of nitrogens with one attached hydrogen (secondary N) is 2. The van der Waals surface area contributed by atoms with Crippen LogP contribution in [0.1, 0.15) is 79.9 Å². The van der Waals surface area contributed by atoms with E-state index in [2.05, 4.69) is 47.4 Å². The second kappa shape index (κ2) is 15.1. The molecule has 4 fully saturated rings. The van der Waals surface area contributed by atoms with E-state index in [1.165, 1.54) is 6.92 Å². The molecule has 0 spiro atoms. The third kappa shape index (κ3) is 7.32. The zero-order valence-corrected chi connectivity index (χ0v) is 31.8. The number of nitrogens with zero attached hydrogens (tertiary/aromatic N) is 7. The Bertz CT molecular complexity index is 2160. The third-order valence-electron chi connectivity index (χ3n) is 12.1. The molecular weight excluding hydrogens is 699 g/mol. The molecule has 14 nitrogen and oxygen atoms in total. The Morgan fingerprint density at radius 2 is 1.69 bits per heavy atom. The monoisotopic (exact) mass is 747 g/mol. The molecule has 14 heteroatoms. The van der Waals surface area contributed by atoms with Crippen molar-refractivity contribution in [1.82, 2.24) is 29.7 Å². The van der Waals surface area contributed by atoms with Gasteiger partial charge < -0.3 is 19.9 Å². The number of rotatable bonds is 9. The lowest BCUT2D eigenvalue weighted by Gasteiger charge is -2.40. The van der Waals surface area contributed by atoms with E-state index in [9.17, 15) is 19.2 Å². The van der Waals surface area contributed by atoms with Crippen LogP contribution in [-0.4, -0.2) is 101 Å². The number of carbonyl (C=O) groups is 3. The summed E-state index contributed by atoms with van der Waals surface area (Å²) in [4.78, 5) is 71.5. The van der Waals surface area contributed by atoms with Gasteiger partial charge in [-0.05, 0) is 75.4 Å². The maximum atomic E-state index is 13.6. The van der Waals surface area contributed by atoms with Gasteiger partial charge in [0.1, 0.15) is 11.5 Å². The van der Waals surface area contributed by atoms with E-state index < -0.39 is 5.41 Å². The lowest BCUT2D eigenvalue weighted by atomic mass is 9.75. The SMILES string of the molecule is CC(=O)c1c(C)c2cnc(Nc3ccc(N4CCO[C@@H](CN5CCN(c6ccc([C@]7(C)CCC(=O)NC7=O)cc6)CC5)C4)cn3)nc2n(C2CCCC2)c1=O. The molecule has 0 unspecified atom stereocenters. The van der Waals surface area contributed by atoms with Gasteiger partial charge in [0.2, 0.25) is 17.8 Å². The van der Waals surface area contributed by atoms with Gasteiger partial charge in [-0.15, -0.1) is 0 Å². The van der Waals surface area contributed by atoms with Crippen molar-refractivity contribution in [3.05, 3.63) is 75.8 Å². The van der Waals surface area contributed by atoms with Crippen LogP contribution in [0.2, 0.25) is 0 Å². The first-order chi connectivity index (χ1) is 26.6. The Balaban J connectivity index is 0.869. The maximum Gasteiger partial charge on any atom is 0.263 e. The Morgan fingerprint density at radius 1 is 0.945 bits per heavy atom. The van der Waals surface area contributed by atoms with Crippen molar-refractivity contribution < 1.29 is 19.1 Å². The van der Waals surface area contributed by atoms with E-state index in [1.54, 1.807) is 17.7 Å². The minimum absolute atomic E-state index is 0.0119. The average molecular weight is 748 g/mol. The quantitative estimate of drug-likeness (QED) is 0.186. The number of pyridine rings is 2. The number of fused-ring (bicyclic) bond motifs is 1. The topological polar surface area (TPSA) is 155 Å². The predicted molar refractivity (Wildman–Crippen MR) is 210 cm³/mol. The van der Waals surface area contributed by atoms with E-state index in [0.29, 0.717) is 47.8 Å². The fourth-order valence-electron chi connectivity index (χ4n) is 8.73. The standard InChI is InChI=1S/C41H49N9O5/c1-26-33-23-43-40(46-37(33)50(30-6-4-5-7-30)38(53)36(26)27(2)51)44-34-13-12-31(22-42-34)49-20-21-55-32(25-49)24-47-16-18-48(19-17-47)29-10-8-28(9-11-29)41(3)15-14-35(52)45-39(41)54/h8-13,22-23,30,32H,4-7,14-21,24-25H2,1-3H3,(H,45,52,54)(H,42,43,44,46)/t32-,41-/m0/s1. The van der Waals surface area contributed by atoms with Crippen molar-refractivity contribution >= 4 is 51.8 Å². The number of anilines is 4. The number of amides is 2. The second-order valence-corrected chi connectivity index (χ2v) is 15.6. The number of Topliss-reactive ketones (excluding diaryl/α,β-unsaturated/α-hetero) is 1. The van der Waals surface area contributed by atoms with Crippen molar-refractivity contribution in [2.24, 2.45) is 0 Å². The predicted octanol–water partition coefficient (Wildman–Crippen LogP) is 4.28. The summed E-state index contributed by atoms with van der Waals surface area (Å²) in [6, 6.07) is 12.2. The molecule has 4 aromatic rings. The van der Waals surface area contributed by atoms with Crippen molar-refractivity contribution in [2.75, 3.05) is 67.5 Å². The molecule has 1 saturated carbocycles. The molecule has 3 aliphatic heterocycles. The van der Waals surface area contributed by atoms with Gasteiger partial charge in [0, 0.05) is 75.5 Å². The van der Waals surface area contributed by atoms with E-state index in [1.807, 2.05) is 37.4 Å². The molecule has 3 saturated heterocycles. The zero-order chi connectivity index (χ0) is 38.3. The van der Waals surface area contributed by atoms with Crippen LogP contribution in [0, 0.1) is 6.92 Å². The highest BCUT2D eigenvalue weighted by Crippen LogP contribution is 2.34. The molecule has 2 N–H and O–H groups in total. The Labute approximate surface area is 320 Å². The molecule has 2 amide bonds. The van der Waals surface area contributed by atoms with Gasteiger partial charge in [-0.3, -0.25) is 34.0 Å². The van der Waals surface area contributed by atoms with Crippen LogP contribution in [0.15, 0.2) is 53.6 Å². The van der Waals surface area contributed by atoms with E-state index in [0.717, 1.165) is 88.4 Å². The van der Waals surface area contributed by atoms with Gasteiger partial charge in [0.25, 0.3) is 5.56 Å². The number of hydrogen-bond donors (Lipinski definition) is 2. The van der Waals surface area contributed by atoms with Gasteiger partial charge in [0.15, 0.2) is 5.78 Å². The Morgan fingerprint density at radius 3 is 2.38 bits per heavy atom. The molecule has 3 aromatic heterocycles. The van der Waals surface area contributed by atoms with Crippen LogP contribution in [0.5, 0.6) is 0 Å². The smallest absolute Gasteiger partial charge is 0.263 e. The van der Waals surface area contributed by atoms with Gasteiger partial charge in [-0.2, -0.15) is 4.98 Å². The average Bonchev–Trinajstić information content (AvgIpc) is 3.72. The summed E-state index contributed by atoms with van der Waals surface area (Å²) in [6.07, 6.45) is 8.36. The number of piperidine rings is 1. The molecule has 2 atom stereocenters. The normalized spacial score (nSPS) is 22.6. The number of hydrogen-bond acceptors (Lipinski definition) is 12. The van der Waals surface area contributed by atoms with Crippen LogP contribution >= 0.6 is 0 Å². The van der Waals surface area contributed by atoms with Crippen LogP contribution in [0.4, 0.5) is 23.1 Å². The number of piperazine rings is 1. The number of benzene rings is 1. The third-order valence-corrected chi connectivity index (χ3v) is 12.1. The molecule has 4 aliphatic rings. The number of imide groups is 1. The van der Waals surface area contributed by atoms with Gasteiger partial charge in [-0.25, -0.2) is 9.97 Å². The molecule has 0 bridgehead atoms. The van der Waals surface area contributed by atoms with Crippen molar-refractivity contribution in [2.45, 2.75) is 76.9 Å². The van der Waals surface area contributed by atoms with Crippen LogP contribution in [0.3, 0.4) is 0 Å². The zero-order valence-electron chi connectivity index (χ0n) is 31.8. The summed E-state index contributed by atoms with van der Waals surface area (Å²) >= 11 is 0. The molecule has 6 heterocycles. The Hall–Kier alpha value is -5.21.